The van der Waals surface area contributed by atoms with Crippen LogP contribution in [-0.2, 0) is 29.1 Å². The molecule has 0 saturated carbocycles. The predicted octanol–water partition coefficient (Wildman–Crippen LogP) is 2.29. The van der Waals surface area contributed by atoms with E-state index in [2.05, 4.69) is 28.5 Å². The molecule has 0 bridgehead atoms. The molecule has 1 amide bonds. The molecule has 0 fully saturated rings. The van der Waals surface area contributed by atoms with Crippen LogP contribution in [0.4, 0.5) is 0 Å². The molecule has 0 N–H and O–H groups in total. The summed E-state index contributed by atoms with van der Waals surface area (Å²) in [5.41, 5.74) is 5.26. The summed E-state index contributed by atoms with van der Waals surface area (Å²) in [6.07, 6.45) is 2.85. The van der Waals surface area contributed by atoms with E-state index in [4.69, 9.17) is 4.84 Å². The van der Waals surface area contributed by atoms with Crippen molar-refractivity contribution in [3.8, 4) is 0 Å². The largest absolute Gasteiger partial charge is 0.382 e. The van der Waals surface area contributed by atoms with Gasteiger partial charge in [-0.1, -0.05) is 29.4 Å². The minimum Gasteiger partial charge on any atom is -0.382 e. The number of oxime groups is 1. The molecule has 0 aliphatic carbocycles. The van der Waals surface area contributed by atoms with Gasteiger partial charge in [-0.15, -0.1) is 0 Å². The Balaban J connectivity index is 1.44. The van der Waals surface area contributed by atoms with Gasteiger partial charge in [0.2, 0.25) is 6.10 Å². The van der Waals surface area contributed by atoms with Crippen molar-refractivity contribution in [2.75, 3.05) is 6.54 Å². The summed E-state index contributed by atoms with van der Waals surface area (Å²) in [7, 11) is 0. The first kappa shape index (κ1) is 15.9. The maximum atomic E-state index is 12.8. The van der Waals surface area contributed by atoms with Crippen LogP contribution in [0.1, 0.15) is 35.7 Å². The summed E-state index contributed by atoms with van der Waals surface area (Å²) in [5.74, 6) is 0.0220. The molecule has 1 unspecified atom stereocenters. The number of amides is 1. The second-order valence-electron chi connectivity index (χ2n) is 6.60. The van der Waals surface area contributed by atoms with Crippen LogP contribution in [0.2, 0.25) is 0 Å². The standard InChI is InChI=1S/C19H22N4O2/c1-3-23-12-16(13(2)20-23)17-10-18(25-21-17)19(24)22-9-8-14-6-4-5-7-15(14)11-22/h4-7,12,18H,3,8-11H2,1-2H3. The van der Waals surface area contributed by atoms with Crippen LogP contribution in [0, 0.1) is 6.92 Å². The Hall–Kier alpha value is -2.63. The van der Waals surface area contributed by atoms with Crippen molar-refractivity contribution in [1.82, 2.24) is 14.7 Å². The number of aryl methyl sites for hydroxylation is 2. The molecule has 6 nitrogen and oxygen atoms in total. The van der Waals surface area contributed by atoms with Crippen LogP contribution >= 0.6 is 0 Å². The minimum absolute atomic E-state index is 0.0220. The smallest absolute Gasteiger partial charge is 0.267 e. The third-order valence-corrected chi connectivity index (χ3v) is 4.97. The van der Waals surface area contributed by atoms with Crippen molar-refractivity contribution in [3.63, 3.8) is 0 Å². The van der Waals surface area contributed by atoms with Gasteiger partial charge in [0.25, 0.3) is 5.91 Å². The summed E-state index contributed by atoms with van der Waals surface area (Å²) in [5, 5.41) is 8.62. The minimum atomic E-state index is -0.523. The zero-order chi connectivity index (χ0) is 17.4. The third-order valence-electron chi connectivity index (χ3n) is 4.97. The monoisotopic (exact) mass is 338 g/mol. The fourth-order valence-corrected chi connectivity index (χ4v) is 3.52. The van der Waals surface area contributed by atoms with E-state index >= 15 is 0 Å². The highest BCUT2D eigenvalue weighted by molar-refractivity contribution is 6.04. The van der Waals surface area contributed by atoms with Crippen molar-refractivity contribution in [3.05, 3.63) is 52.8 Å². The molecular formula is C19H22N4O2. The molecule has 0 saturated heterocycles. The highest BCUT2D eigenvalue weighted by Crippen LogP contribution is 2.24. The number of hydrogen-bond donors (Lipinski definition) is 0. The Labute approximate surface area is 147 Å². The maximum absolute atomic E-state index is 12.8. The topological polar surface area (TPSA) is 59.7 Å². The van der Waals surface area contributed by atoms with Gasteiger partial charge in [0.1, 0.15) is 0 Å². The first-order valence-corrected chi connectivity index (χ1v) is 8.78. The molecule has 0 spiro atoms. The molecule has 1 aromatic heterocycles. The number of carbonyl (C=O) groups is 1. The van der Waals surface area contributed by atoms with Gasteiger partial charge in [0, 0.05) is 37.8 Å². The molecule has 1 atom stereocenters. The quantitative estimate of drug-likeness (QED) is 0.863. The van der Waals surface area contributed by atoms with Crippen LogP contribution in [0.3, 0.4) is 0 Å². The van der Waals surface area contributed by atoms with Crippen molar-refractivity contribution in [1.29, 1.82) is 0 Å². The zero-order valence-corrected chi connectivity index (χ0v) is 14.6. The van der Waals surface area contributed by atoms with Crippen molar-refractivity contribution in [2.45, 2.75) is 45.9 Å². The third kappa shape index (κ3) is 2.92. The van der Waals surface area contributed by atoms with E-state index in [0.29, 0.717) is 13.0 Å². The highest BCUT2D eigenvalue weighted by atomic mass is 16.6. The number of carbonyl (C=O) groups excluding carboxylic acids is 1. The van der Waals surface area contributed by atoms with Crippen molar-refractivity contribution >= 4 is 11.6 Å². The summed E-state index contributed by atoms with van der Waals surface area (Å²) >= 11 is 0. The van der Waals surface area contributed by atoms with E-state index < -0.39 is 6.10 Å². The van der Waals surface area contributed by atoms with E-state index in [9.17, 15) is 4.79 Å². The molecule has 25 heavy (non-hydrogen) atoms. The van der Waals surface area contributed by atoms with Crippen molar-refractivity contribution < 1.29 is 9.63 Å². The maximum Gasteiger partial charge on any atom is 0.267 e. The molecule has 3 heterocycles. The number of aromatic nitrogens is 2. The predicted molar refractivity (Wildman–Crippen MR) is 94.2 cm³/mol. The lowest BCUT2D eigenvalue weighted by atomic mass is 9.99. The Kier molecular flexibility index (Phi) is 4.03. The van der Waals surface area contributed by atoms with E-state index in [-0.39, 0.29) is 5.91 Å². The second-order valence-corrected chi connectivity index (χ2v) is 6.60. The van der Waals surface area contributed by atoms with Gasteiger partial charge in [-0.3, -0.25) is 9.48 Å². The summed E-state index contributed by atoms with van der Waals surface area (Å²) in [6, 6.07) is 8.30. The number of fused-ring (bicyclic) bond motifs is 1. The summed E-state index contributed by atoms with van der Waals surface area (Å²) in [6.45, 7) is 6.20. The molecule has 130 valence electrons. The van der Waals surface area contributed by atoms with E-state index in [1.54, 1.807) is 0 Å². The fourth-order valence-electron chi connectivity index (χ4n) is 3.52. The molecule has 2 aliphatic rings. The average Bonchev–Trinajstić information content (AvgIpc) is 3.27. The average molecular weight is 338 g/mol. The van der Waals surface area contributed by atoms with Crippen LogP contribution in [0.5, 0.6) is 0 Å². The van der Waals surface area contributed by atoms with E-state index in [0.717, 1.165) is 36.5 Å². The Morgan fingerprint density at radius 2 is 2.12 bits per heavy atom. The molecular weight excluding hydrogens is 316 g/mol. The van der Waals surface area contributed by atoms with Crippen LogP contribution in [0.25, 0.3) is 0 Å². The lowest BCUT2D eigenvalue weighted by molar-refractivity contribution is -0.143. The Bertz CT molecular complexity index is 840. The Morgan fingerprint density at radius 1 is 1.32 bits per heavy atom. The van der Waals surface area contributed by atoms with Crippen LogP contribution < -0.4 is 0 Å². The van der Waals surface area contributed by atoms with Gasteiger partial charge < -0.3 is 9.74 Å². The lowest BCUT2D eigenvalue weighted by Gasteiger charge is -2.30. The van der Waals surface area contributed by atoms with E-state index in [1.165, 1.54) is 11.1 Å². The van der Waals surface area contributed by atoms with Gasteiger partial charge in [0.15, 0.2) is 0 Å². The van der Waals surface area contributed by atoms with Gasteiger partial charge in [-0.2, -0.15) is 5.10 Å². The first-order valence-electron chi connectivity index (χ1n) is 8.78. The SMILES string of the molecule is CCn1cc(C2=NOC(C(=O)N3CCc4ccccc4C3)C2)c(C)n1. The molecule has 2 aliphatic heterocycles. The van der Waals surface area contributed by atoms with Gasteiger partial charge in [-0.05, 0) is 31.4 Å². The van der Waals surface area contributed by atoms with Gasteiger partial charge in [-0.25, -0.2) is 0 Å². The van der Waals surface area contributed by atoms with Crippen LogP contribution in [0.15, 0.2) is 35.6 Å². The summed E-state index contributed by atoms with van der Waals surface area (Å²) in [4.78, 5) is 20.2. The highest BCUT2D eigenvalue weighted by Gasteiger charge is 2.34. The van der Waals surface area contributed by atoms with Gasteiger partial charge in [0.05, 0.1) is 11.4 Å². The van der Waals surface area contributed by atoms with Crippen molar-refractivity contribution in [2.24, 2.45) is 5.16 Å². The first-order chi connectivity index (χ1) is 12.2. The normalized spacial score (nSPS) is 19.4. The molecule has 0 radical (unpaired) electrons. The summed E-state index contributed by atoms with van der Waals surface area (Å²) < 4.78 is 1.88. The number of hydrogen-bond acceptors (Lipinski definition) is 4. The molecule has 6 heteroatoms. The molecule has 4 rings (SSSR count). The molecule has 2 aromatic rings. The Morgan fingerprint density at radius 3 is 2.88 bits per heavy atom. The molecule has 1 aromatic carbocycles. The fraction of sp³-hybridized carbons (Fsp3) is 0.421. The van der Waals surface area contributed by atoms with Gasteiger partial charge >= 0.3 is 0 Å². The zero-order valence-electron chi connectivity index (χ0n) is 14.6. The number of nitrogens with zero attached hydrogens (tertiary/aromatic N) is 4. The van der Waals surface area contributed by atoms with Crippen LogP contribution in [-0.4, -0.2) is 38.9 Å². The number of benzene rings is 1. The van der Waals surface area contributed by atoms with E-state index in [1.807, 2.05) is 35.7 Å². The lowest BCUT2D eigenvalue weighted by Crippen LogP contribution is -2.42. The number of rotatable bonds is 3. The second kappa shape index (κ2) is 6.35.